The Kier molecular flexibility index (Phi) is 4.75. The lowest BCUT2D eigenvalue weighted by Crippen LogP contribution is -2.14. The molecule has 0 bridgehead atoms. The maximum atomic E-state index is 13.6. The Morgan fingerprint density at radius 3 is 2.76 bits per heavy atom. The number of aryl methyl sites for hydroxylation is 1. The Labute approximate surface area is 127 Å². The molecule has 0 aliphatic heterocycles. The summed E-state index contributed by atoms with van der Waals surface area (Å²) in [6.45, 7) is 1.94. The summed E-state index contributed by atoms with van der Waals surface area (Å²) in [5, 5.41) is 5.76. The first-order chi connectivity index (χ1) is 10.0. The van der Waals surface area contributed by atoms with E-state index in [1.807, 2.05) is 6.92 Å². The van der Waals surface area contributed by atoms with E-state index >= 15 is 0 Å². The molecule has 0 atom stereocenters. The molecule has 1 amide bonds. The van der Waals surface area contributed by atoms with E-state index in [0.29, 0.717) is 22.8 Å². The number of carbonyl (C=O) groups excluding carboxylic acids is 1. The molecule has 2 N–H and O–H groups in total. The third-order valence-corrected chi connectivity index (χ3v) is 3.17. The van der Waals surface area contributed by atoms with Gasteiger partial charge in [0.1, 0.15) is 11.6 Å². The van der Waals surface area contributed by atoms with Gasteiger partial charge < -0.3 is 10.6 Å². The summed E-state index contributed by atoms with van der Waals surface area (Å²) in [5.41, 5.74) is 1.23. The summed E-state index contributed by atoms with van der Waals surface area (Å²) in [6.07, 6.45) is 0.696. The molecule has 0 unspecified atom stereocenters. The van der Waals surface area contributed by atoms with Crippen molar-refractivity contribution in [2.24, 2.45) is 0 Å². The molecule has 2 rings (SSSR count). The first-order valence-corrected chi connectivity index (χ1v) is 6.86. The van der Waals surface area contributed by atoms with Crippen LogP contribution in [0.2, 0.25) is 5.02 Å². The number of nitrogens with zero attached hydrogens (tertiary/aromatic N) is 1. The minimum atomic E-state index is -0.536. The van der Waals surface area contributed by atoms with Crippen molar-refractivity contribution in [1.29, 1.82) is 0 Å². The fraction of sp³-hybridized carbons (Fsp3) is 0.200. The molecule has 0 fully saturated rings. The number of amides is 1. The van der Waals surface area contributed by atoms with Crippen molar-refractivity contribution in [3.63, 3.8) is 0 Å². The van der Waals surface area contributed by atoms with Gasteiger partial charge in [0, 0.05) is 23.3 Å². The third-order valence-electron chi connectivity index (χ3n) is 2.94. The molecule has 1 aromatic carbocycles. The highest BCUT2D eigenvalue weighted by molar-refractivity contribution is 6.31. The second-order valence-corrected chi connectivity index (χ2v) is 4.85. The highest BCUT2D eigenvalue weighted by Gasteiger charge is 2.12. The highest BCUT2D eigenvalue weighted by Crippen LogP contribution is 2.21. The van der Waals surface area contributed by atoms with Gasteiger partial charge in [0.05, 0.1) is 5.69 Å². The minimum absolute atomic E-state index is 0.0494. The van der Waals surface area contributed by atoms with E-state index in [9.17, 15) is 9.18 Å². The predicted octanol–water partition coefficient (Wildman–Crippen LogP) is 3.73. The van der Waals surface area contributed by atoms with Crippen molar-refractivity contribution < 1.29 is 9.18 Å². The van der Waals surface area contributed by atoms with Crippen LogP contribution < -0.4 is 10.6 Å². The van der Waals surface area contributed by atoms with E-state index in [2.05, 4.69) is 15.6 Å². The van der Waals surface area contributed by atoms with E-state index < -0.39 is 11.7 Å². The van der Waals surface area contributed by atoms with E-state index in [1.165, 1.54) is 18.2 Å². The van der Waals surface area contributed by atoms with Gasteiger partial charge in [-0.15, -0.1) is 0 Å². The molecule has 1 heterocycles. The topological polar surface area (TPSA) is 54.0 Å². The van der Waals surface area contributed by atoms with Crippen LogP contribution in [0.3, 0.4) is 0 Å². The normalized spacial score (nSPS) is 10.3. The molecule has 21 heavy (non-hydrogen) atoms. The minimum Gasteiger partial charge on any atom is -0.373 e. The molecule has 0 aliphatic carbocycles. The number of pyridine rings is 1. The molecule has 0 spiro atoms. The van der Waals surface area contributed by atoms with Gasteiger partial charge in [-0.3, -0.25) is 4.79 Å². The van der Waals surface area contributed by atoms with Crippen molar-refractivity contribution in [2.75, 3.05) is 17.7 Å². The number of aromatic nitrogens is 1. The summed E-state index contributed by atoms with van der Waals surface area (Å²) in [4.78, 5) is 16.5. The number of carbonyl (C=O) groups is 1. The molecular formula is C15H15ClFN3O. The smallest absolute Gasteiger partial charge is 0.255 e. The van der Waals surface area contributed by atoms with Gasteiger partial charge in [0.15, 0.2) is 0 Å². The molecule has 0 saturated carbocycles. The van der Waals surface area contributed by atoms with Crippen LogP contribution in [0.25, 0.3) is 0 Å². The van der Waals surface area contributed by atoms with E-state index in [4.69, 9.17) is 11.6 Å². The Bertz CT molecular complexity index is 654. The first kappa shape index (κ1) is 15.3. The lowest BCUT2D eigenvalue weighted by atomic mass is 10.1. The van der Waals surface area contributed by atoms with Crippen molar-refractivity contribution in [3.8, 4) is 0 Å². The lowest BCUT2D eigenvalue weighted by molar-refractivity contribution is 0.102. The monoisotopic (exact) mass is 307 g/mol. The van der Waals surface area contributed by atoms with Crippen LogP contribution in [-0.4, -0.2) is 17.9 Å². The summed E-state index contributed by atoms with van der Waals surface area (Å²) in [5.74, 6) is -0.359. The number of hydrogen-bond acceptors (Lipinski definition) is 3. The summed E-state index contributed by atoms with van der Waals surface area (Å²) < 4.78 is 13.6. The van der Waals surface area contributed by atoms with Crippen LogP contribution in [0.15, 0.2) is 30.3 Å². The fourth-order valence-electron chi connectivity index (χ4n) is 1.82. The Morgan fingerprint density at radius 1 is 1.33 bits per heavy atom. The van der Waals surface area contributed by atoms with Crippen LogP contribution in [0, 0.1) is 5.82 Å². The Balaban J connectivity index is 2.29. The number of halogens is 2. The van der Waals surface area contributed by atoms with E-state index in [0.717, 1.165) is 5.69 Å². The van der Waals surface area contributed by atoms with Crippen LogP contribution >= 0.6 is 11.6 Å². The van der Waals surface area contributed by atoms with Crippen LogP contribution in [-0.2, 0) is 6.42 Å². The van der Waals surface area contributed by atoms with Gasteiger partial charge in [-0.25, -0.2) is 9.37 Å². The van der Waals surface area contributed by atoms with Crippen molar-refractivity contribution >= 4 is 29.0 Å². The average Bonchev–Trinajstić information content (AvgIpc) is 2.50. The van der Waals surface area contributed by atoms with Crippen LogP contribution in [0.5, 0.6) is 0 Å². The van der Waals surface area contributed by atoms with Crippen molar-refractivity contribution in [2.45, 2.75) is 13.3 Å². The standard InChI is InChI=1S/C15H15ClFN3O/c1-3-11-6-9(7-14(18-2)19-11)15(21)20-13-8-10(16)4-5-12(13)17/h4-8H,3H2,1-2H3,(H,18,19)(H,20,21). The Hall–Kier alpha value is -2.14. The Morgan fingerprint density at radius 2 is 2.10 bits per heavy atom. The quantitative estimate of drug-likeness (QED) is 0.905. The van der Waals surface area contributed by atoms with E-state index in [-0.39, 0.29) is 5.69 Å². The van der Waals surface area contributed by atoms with Gasteiger partial charge in [0.2, 0.25) is 0 Å². The summed E-state index contributed by atoms with van der Waals surface area (Å²) in [7, 11) is 1.72. The molecule has 110 valence electrons. The second kappa shape index (κ2) is 6.54. The van der Waals surface area contributed by atoms with Gasteiger partial charge in [-0.2, -0.15) is 0 Å². The molecule has 6 heteroatoms. The largest absolute Gasteiger partial charge is 0.373 e. The summed E-state index contributed by atoms with van der Waals surface area (Å²) >= 11 is 5.80. The van der Waals surface area contributed by atoms with Gasteiger partial charge in [-0.1, -0.05) is 18.5 Å². The third kappa shape index (κ3) is 3.70. The van der Waals surface area contributed by atoms with E-state index in [1.54, 1.807) is 19.2 Å². The average molecular weight is 308 g/mol. The number of anilines is 2. The summed E-state index contributed by atoms with van der Waals surface area (Å²) in [6, 6.07) is 7.29. The molecular weight excluding hydrogens is 293 g/mol. The molecule has 4 nitrogen and oxygen atoms in total. The maximum Gasteiger partial charge on any atom is 0.255 e. The van der Waals surface area contributed by atoms with Gasteiger partial charge in [-0.05, 0) is 36.8 Å². The first-order valence-electron chi connectivity index (χ1n) is 6.48. The van der Waals surface area contributed by atoms with Crippen molar-refractivity contribution in [1.82, 2.24) is 4.98 Å². The van der Waals surface area contributed by atoms with Gasteiger partial charge in [0.25, 0.3) is 5.91 Å². The highest BCUT2D eigenvalue weighted by atomic mass is 35.5. The number of nitrogens with one attached hydrogen (secondary N) is 2. The maximum absolute atomic E-state index is 13.6. The molecule has 0 saturated heterocycles. The number of hydrogen-bond donors (Lipinski definition) is 2. The predicted molar refractivity (Wildman–Crippen MR) is 82.5 cm³/mol. The molecule has 1 aromatic heterocycles. The number of rotatable bonds is 4. The van der Waals surface area contributed by atoms with Gasteiger partial charge >= 0.3 is 0 Å². The molecule has 2 aromatic rings. The second-order valence-electron chi connectivity index (χ2n) is 4.41. The van der Waals surface area contributed by atoms with Crippen molar-refractivity contribution in [3.05, 3.63) is 52.4 Å². The van der Waals surface area contributed by atoms with Crippen LogP contribution in [0.4, 0.5) is 15.9 Å². The molecule has 0 radical (unpaired) electrons. The zero-order valence-electron chi connectivity index (χ0n) is 11.7. The lowest BCUT2D eigenvalue weighted by Gasteiger charge is -2.09. The number of benzene rings is 1. The van der Waals surface area contributed by atoms with Crippen LogP contribution in [0.1, 0.15) is 23.0 Å². The fourth-order valence-corrected chi connectivity index (χ4v) is 1.99. The molecule has 0 aliphatic rings. The zero-order valence-corrected chi connectivity index (χ0v) is 12.5. The SMILES string of the molecule is CCc1cc(C(=O)Nc2cc(Cl)ccc2F)cc(NC)n1. The zero-order chi connectivity index (χ0) is 15.4.